The highest BCUT2D eigenvalue weighted by atomic mass is 127. The Hall–Kier alpha value is -1.31. The monoisotopic (exact) mass is 404 g/mol. The van der Waals surface area contributed by atoms with Crippen molar-refractivity contribution in [1.29, 1.82) is 0 Å². The highest BCUT2D eigenvalue weighted by Crippen LogP contribution is 2.12. The standard InChI is InChI=1S/C15H21IN2O3/c1-15(2,3)21-14(20)17-9-5-8-13(19)18-12-7-4-6-11(16)10-12/h4,6-7,10H,5,8-9H2,1-3H3,(H,17,20)(H,18,19). The zero-order valence-corrected chi connectivity index (χ0v) is 14.7. The van der Waals surface area contributed by atoms with E-state index in [1.165, 1.54) is 0 Å². The average molecular weight is 404 g/mol. The predicted molar refractivity (Wildman–Crippen MR) is 91.3 cm³/mol. The number of nitrogens with one attached hydrogen (secondary N) is 2. The number of anilines is 1. The molecule has 1 aromatic carbocycles. The van der Waals surface area contributed by atoms with Gasteiger partial charge in [-0.2, -0.15) is 0 Å². The molecule has 0 unspecified atom stereocenters. The minimum absolute atomic E-state index is 0.0667. The molecule has 1 aromatic rings. The van der Waals surface area contributed by atoms with Gasteiger partial charge in [0.05, 0.1) is 0 Å². The smallest absolute Gasteiger partial charge is 0.407 e. The molecule has 0 aliphatic carbocycles. The number of hydrogen-bond donors (Lipinski definition) is 2. The van der Waals surface area contributed by atoms with Gasteiger partial charge in [-0.05, 0) is 68.0 Å². The highest BCUT2D eigenvalue weighted by molar-refractivity contribution is 14.1. The molecule has 0 fully saturated rings. The van der Waals surface area contributed by atoms with Crippen molar-refractivity contribution < 1.29 is 14.3 Å². The Balaban J connectivity index is 2.21. The molecule has 0 atom stereocenters. The fourth-order valence-electron chi connectivity index (χ4n) is 1.54. The van der Waals surface area contributed by atoms with E-state index in [4.69, 9.17) is 4.74 Å². The number of rotatable bonds is 5. The molecule has 0 radical (unpaired) electrons. The van der Waals surface area contributed by atoms with E-state index in [0.29, 0.717) is 19.4 Å². The molecular weight excluding hydrogens is 383 g/mol. The molecule has 116 valence electrons. The van der Waals surface area contributed by atoms with Crippen LogP contribution in [0.1, 0.15) is 33.6 Å². The number of amides is 2. The van der Waals surface area contributed by atoms with Gasteiger partial charge in [0.15, 0.2) is 0 Å². The third-order valence-corrected chi connectivity index (χ3v) is 3.03. The van der Waals surface area contributed by atoms with Gasteiger partial charge >= 0.3 is 6.09 Å². The first-order chi connectivity index (χ1) is 9.76. The molecule has 6 heteroatoms. The maximum atomic E-state index is 11.7. The highest BCUT2D eigenvalue weighted by Gasteiger charge is 2.15. The number of carbonyl (C=O) groups is 2. The minimum Gasteiger partial charge on any atom is -0.444 e. The Morgan fingerprint density at radius 1 is 1.29 bits per heavy atom. The maximum Gasteiger partial charge on any atom is 0.407 e. The molecule has 0 heterocycles. The van der Waals surface area contributed by atoms with Crippen LogP contribution in [0.2, 0.25) is 0 Å². The van der Waals surface area contributed by atoms with Gasteiger partial charge < -0.3 is 15.4 Å². The van der Waals surface area contributed by atoms with Crippen molar-refractivity contribution in [1.82, 2.24) is 5.32 Å². The summed E-state index contributed by atoms with van der Waals surface area (Å²) in [6.07, 6.45) is 0.455. The first-order valence-electron chi connectivity index (χ1n) is 6.78. The van der Waals surface area contributed by atoms with Crippen LogP contribution in [0.4, 0.5) is 10.5 Å². The number of alkyl carbamates (subject to hydrolysis) is 1. The van der Waals surface area contributed by atoms with E-state index in [9.17, 15) is 9.59 Å². The fourth-order valence-corrected chi connectivity index (χ4v) is 2.09. The molecule has 0 saturated carbocycles. The van der Waals surface area contributed by atoms with E-state index < -0.39 is 11.7 Å². The molecule has 21 heavy (non-hydrogen) atoms. The SMILES string of the molecule is CC(C)(C)OC(=O)NCCCC(=O)Nc1cccc(I)c1. The van der Waals surface area contributed by atoms with Gasteiger partial charge in [-0.25, -0.2) is 4.79 Å². The van der Waals surface area contributed by atoms with Crippen molar-refractivity contribution in [3.63, 3.8) is 0 Å². The van der Waals surface area contributed by atoms with Crippen LogP contribution in [-0.2, 0) is 9.53 Å². The van der Waals surface area contributed by atoms with E-state index in [1.807, 2.05) is 24.3 Å². The van der Waals surface area contributed by atoms with E-state index in [-0.39, 0.29) is 5.91 Å². The van der Waals surface area contributed by atoms with Gasteiger partial charge in [-0.15, -0.1) is 0 Å². The summed E-state index contributed by atoms with van der Waals surface area (Å²) in [7, 11) is 0. The lowest BCUT2D eigenvalue weighted by Gasteiger charge is -2.19. The zero-order chi connectivity index (χ0) is 15.9. The van der Waals surface area contributed by atoms with Gasteiger partial charge in [-0.3, -0.25) is 4.79 Å². The summed E-state index contributed by atoms with van der Waals surface area (Å²) < 4.78 is 6.17. The predicted octanol–water partition coefficient (Wildman–Crippen LogP) is 3.53. The number of benzene rings is 1. The number of carbonyl (C=O) groups excluding carboxylic acids is 2. The molecule has 2 amide bonds. The zero-order valence-electron chi connectivity index (χ0n) is 12.5. The Morgan fingerprint density at radius 3 is 2.62 bits per heavy atom. The maximum absolute atomic E-state index is 11.7. The number of halogens is 1. The van der Waals surface area contributed by atoms with Crippen molar-refractivity contribution in [3.05, 3.63) is 27.8 Å². The van der Waals surface area contributed by atoms with Crippen LogP contribution in [0.15, 0.2) is 24.3 Å². The van der Waals surface area contributed by atoms with Crippen LogP contribution in [-0.4, -0.2) is 24.1 Å². The quantitative estimate of drug-likeness (QED) is 0.583. The van der Waals surface area contributed by atoms with Crippen molar-refractivity contribution in [2.45, 2.75) is 39.2 Å². The van der Waals surface area contributed by atoms with Crippen molar-refractivity contribution in [3.8, 4) is 0 Å². The second kappa shape index (κ2) is 8.21. The number of ether oxygens (including phenoxy) is 1. The van der Waals surface area contributed by atoms with Crippen LogP contribution in [0.5, 0.6) is 0 Å². The van der Waals surface area contributed by atoms with Gasteiger partial charge in [0.25, 0.3) is 0 Å². The summed E-state index contributed by atoms with van der Waals surface area (Å²) in [4.78, 5) is 23.1. The second-order valence-corrected chi connectivity index (χ2v) is 6.84. The lowest BCUT2D eigenvalue weighted by molar-refractivity contribution is -0.116. The topological polar surface area (TPSA) is 67.4 Å². The van der Waals surface area contributed by atoms with Crippen LogP contribution in [0, 0.1) is 3.57 Å². The first kappa shape index (κ1) is 17.7. The minimum atomic E-state index is -0.508. The lowest BCUT2D eigenvalue weighted by atomic mass is 10.2. The van der Waals surface area contributed by atoms with E-state index in [1.54, 1.807) is 20.8 Å². The van der Waals surface area contributed by atoms with Crippen molar-refractivity contribution >= 4 is 40.3 Å². The van der Waals surface area contributed by atoms with Crippen LogP contribution in [0.3, 0.4) is 0 Å². The molecule has 2 N–H and O–H groups in total. The Labute approximate surface area is 139 Å². The Morgan fingerprint density at radius 2 is 2.00 bits per heavy atom. The molecule has 0 saturated heterocycles. The molecule has 0 spiro atoms. The summed E-state index contributed by atoms with van der Waals surface area (Å²) in [5.41, 5.74) is 0.276. The third kappa shape index (κ3) is 8.54. The summed E-state index contributed by atoms with van der Waals surface area (Å²) in [6.45, 7) is 5.83. The summed E-state index contributed by atoms with van der Waals surface area (Å²) in [5.74, 6) is -0.0667. The number of hydrogen-bond acceptors (Lipinski definition) is 3. The summed E-state index contributed by atoms with van der Waals surface area (Å²) >= 11 is 2.19. The van der Waals surface area contributed by atoms with E-state index >= 15 is 0 Å². The molecule has 5 nitrogen and oxygen atoms in total. The molecule has 0 bridgehead atoms. The normalized spacial score (nSPS) is 10.9. The van der Waals surface area contributed by atoms with E-state index in [0.717, 1.165) is 9.26 Å². The van der Waals surface area contributed by atoms with Crippen molar-refractivity contribution in [2.24, 2.45) is 0 Å². The second-order valence-electron chi connectivity index (χ2n) is 5.59. The molecule has 0 aromatic heterocycles. The largest absolute Gasteiger partial charge is 0.444 e. The average Bonchev–Trinajstić information content (AvgIpc) is 2.32. The van der Waals surface area contributed by atoms with Crippen LogP contribution in [0.25, 0.3) is 0 Å². The summed E-state index contributed by atoms with van der Waals surface area (Å²) in [6, 6.07) is 7.60. The van der Waals surface area contributed by atoms with Crippen LogP contribution >= 0.6 is 22.6 Å². The van der Waals surface area contributed by atoms with Gasteiger partial charge in [0.1, 0.15) is 5.60 Å². The van der Waals surface area contributed by atoms with E-state index in [2.05, 4.69) is 33.2 Å². The van der Waals surface area contributed by atoms with Gasteiger partial charge in [0, 0.05) is 22.2 Å². The van der Waals surface area contributed by atoms with Crippen molar-refractivity contribution in [2.75, 3.05) is 11.9 Å². The summed E-state index contributed by atoms with van der Waals surface area (Å²) in [5, 5.41) is 5.45. The Bertz CT molecular complexity index is 498. The van der Waals surface area contributed by atoms with Gasteiger partial charge in [0.2, 0.25) is 5.91 Å². The molecule has 1 rings (SSSR count). The molecular formula is C15H21IN2O3. The Kier molecular flexibility index (Phi) is 6.94. The van der Waals surface area contributed by atoms with Gasteiger partial charge in [-0.1, -0.05) is 6.07 Å². The molecule has 0 aliphatic heterocycles. The molecule has 0 aliphatic rings. The first-order valence-corrected chi connectivity index (χ1v) is 7.86. The van der Waals surface area contributed by atoms with Crippen LogP contribution < -0.4 is 10.6 Å². The lowest BCUT2D eigenvalue weighted by Crippen LogP contribution is -2.33. The third-order valence-electron chi connectivity index (χ3n) is 2.36. The fraction of sp³-hybridized carbons (Fsp3) is 0.467.